The summed E-state index contributed by atoms with van der Waals surface area (Å²) in [5.41, 5.74) is 2.56. The first-order valence-electron chi connectivity index (χ1n) is 9.13. The third-order valence-corrected chi connectivity index (χ3v) is 4.66. The molecule has 0 radical (unpaired) electrons. The van der Waals surface area contributed by atoms with Crippen LogP contribution in [0.1, 0.15) is 30.5 Å². The van der Waals surface area contributed by atoms with E-state index in [4.69, 9.17) is 9.47 Å². The first kappa shape index (κ1) is 17.8. The molecule has 4 nitrogen and oxygen atoms in total. The van der Waals surface area contributed by atoms with Crippen molar-refractivity contribution < 1.29 is 9.47 Å². The second kappa shape index (κ2) is 8.88. The summed E-state index contributed by atoms with van der Waals surface area (Å²) in [7, 11) is 1.72. The molecule has 0 spiro atoms. The molecule has 1 fully saturated rings. The van der Waals surface area contributed by atoms with E-state index in [2.05, 4.69) is 52.7 Å². The Hall–Kier alpha value is -2.04. The third-order valence-electron chi connectivity index (χ3n) is 4.66. The first-order valence-corrected chi connectivity index (χ1v) is 9.13. The maximum Gasteiger partial charge on any atom is 0.119 e. The average Bonchev–Trinajstić information content (AvgIpc) is 2.93. The topological polar surface area (TPSA) is 33.7 Å². The van der Waals surface area contributed by atoms with Crippen LogP contribution in [0, 0.1) is 0 Å². The van der Waals surface area contributed by atoms with Gasteiger partial charge in [0.2, 0.25) is 0 Å². The highest BCUT2D eigenvalue weighted by Crippen LogP contribution is 2.32. The molecule has 0 aromatic heterocycles. The molecule has 134 valence electrons. The number of benzene rings is 2. The van der Waals surface area contributed by atoms with Gasteiger partial charge in [-0.3, -0.25) is 4.90 Å². The van der Waals surface area contributed by atoms with Crippen molar-refractivity contribution in [2.75, 3.05) is 39.9 Å². The number of ether oxygens (including phenoxy) is 2. The van der Waals surface area contributed by atoms with Gasteiger partial charge in [0.1, 0.15) is 11.5 Å². The van der Waals surface area contributed by atoms with Crippen LogP contribution in [-0.4, -0.2) is 44.8 Å². The molecule has 0 amide bonds. The molecule has 1 heterocycles. The Morgan fingerprint density at radius 2 is 1.84 bits per heavy atom. The van der Waals surface area contributed by atoms with Crippen LogP contribution in [-0.2, 0) is 0 Å². The summed E-state index contributed by atoms with van der Waals surface area (Å²) in [6.07, 6.45) is 1.16. The van der Waals surface area contributed by atoms with Crippen LogP contribution in [0.3, 0.4) is 0 Å². The van der Waals surface area contributed by atoms with Gasteiger partial charge < -0.3 is 14.8 Å². The number of hydrogen-bond acceptors (Lipinski definition) is 4. The Morgan fingerprint density at radius 1 is 1.00 bits per heavy atom. The predicted octanol–water partition coefficient (Wildman–Crippen LogP) is 3.48. The molecule has 1 saturated heterocycles. The SMILES string of the molecule is CCOc1ccc(C(c2cccc(OC)c2)N2CCCNCC2)cc1. The fraction of sp³-hybridized carbons (Fsp3) is 0.429. The second-order valence-electron chi connectivity index (χ2n) is 6.32. The molecule has 0 saturated carbocycles. The summed E-state index contributed by atoms with van der Waals surface area (Å²) in [5.74, 6) is 1.83. The van der Waals surface area contributed by atoms with E-state index >= 15 is 0 Å². The van der Waals surface area contributed by atoms with Crippen LogP contribution >= 0.6 is 0 Å². The molecule has 2 aromatic carbocycles. The zero-order valence-corrected chi connectivity index (χ0v) is 15.2. The summed E-state index contributed by atoms with van der Waals surface area (Å²) in [6, 6.07) is 17.2. The van der Waals surface area contributed by atoms with E-state index in [1.165, 1.54) is 11.1 Å². The summed E-state index contributed by atoms with van der Waals surface area (Å²) in [5, 5.41) is 3.50. The third kappa shape index (κ3) is 4.53. The number of nitrogens with one attached hydrogen (secondary N) is 1. The van der Waals surface area contributed by atoms with Crippen molar-refractivity contribution in [2.45, 2.75) is 19.4 Å². The van der Waals surface area contributed by atoms with Gasteiger partial charge in [-0.1, -0.05) is 24.3 Å². The van der Waals surface area contributed by atoms with E-state index < -0.39 is 0 Å². The summed E-state index contributed by atoms with van der Waals surface area (Å²) in [4.78, 5) is 2.56. The van der Waals surface area contributed by atoms with Crippen molar-refractivity contribution in [1.82, 2.24) is 10.2 Å². The molecule has 0 aliphatic carbocycles. The molecule has 1 aliphatic rings. The lowest BCUT2D eigenvalue weighted by Crippen LogP contribution is -2.33. The molecule has 1 aliphatic heterocycles. The average molecular weight is 340 g/mol. The number of hydrogen-bond donors (Lipinski definition) is 1. The minimum Gasteiger partial charge on any atom is -0.497 e. The number of rotatable bonds is 6. The molecule has 1 N–H and O–H groups in total. The zero-order valence-electron chi connectivity index (χ0n) is 15.2. The van der Waals surface area contributed by atoms with Gasteiger partial charge in [-0.05, 0) is 55.3 Å². The summed E-state index contributed by atoms with van der Waals surface area (Å²) < 4.78 is 11.1. The van der Waals surface area contributed by atoms with Gasteiger partial charge in [-0.25, -0.2) is 0 Å². The quantitative estimate of drug-likeness (QED) is 0.873. The summed E-state index contributed by atoms with van der Waals surface area (Å²) in [6.45, 7) is 6.94. The van der Waals surface area contributed by atoms with Crippen molar-refractivity contribution in [1.29, 1.82) is 0 Å². The van der Waals surface area contributed by atoms with E-state index in [-0.39, 0.29) is 6.04 Å². The van der Waals surface area contributed by atoms with E-state index in [1.807, 2.05) is 13.0 Å². The van der Waals surface area contributed by atoms with E-state index in [9.17, 15) is 0 Å². The van der Waals surface area contributed by atoms with Gasteiger partial charge in [-0.15, -0.1) is 0 Å². The van der Waals surface area contributed by atoms with Crippen molar-refractivity contribution in [2.24, 2.45) is 0 Å². The van der Waals surface area contributed by atoms with Crippen LogP contribution in [0.5, 0.6) is 11.5 Å². The fourth-order valence-corrected chi connectivity index (χ4v) is 3.46. The molecule has 1 unspecified atom stereocenters. The van der Waals surface area contributed by atoms with E-state index in [0.29, 0.717) is 6.61 Å². The largest absolute Gasteiger partial charge is 0.497 e. The highest BCUT2D eigenvalue weighted by atomic mass is 16.5. The van der Waals surface area contributed by atoms with Crippen LogP contribution < -0.4 is 14.8 Å². The minimum atomic E-state index is 0.227. The highest BCUT2D eigenvalue weighted by molar-refractivity contribution is 5.39. The molecule has 2 aromatic rings. The van der Waals surface area contributed by atoms with Gasteiger partial charge in [0, 0.05) is 19.6 Å². The van der Waals surface area contributed by atoms with Gasteiger partial charge in [0.05, 0.1) is 19.8 Å². The van der Waals surface area contributed by atoms with Crippen LogP contribution in [0.4, 0.5) is 0 Å². The van der Waals surface area contributed by atoms with Gasteiger partial charge >= 0.3 is 0 Å². The monoisotopic (exact) mass is 340 g/mol. The fourth-order valence-electron chi connectivity index (χ4n) is 3.46. The standard InChI is InChI=1S/C21H28N2O2/c1-3-25-19-10-8-17(9-11-19)21(23-14-5-12-22-13-15-23)18-6-4-7-20(16-18)24-2/h4,6-11,16,21-22H,3,5,12-15H2,1-2H3. The maximum absolute atomic E-state index is 5.60. The highest BCUT2D eigenvalue weighted by Gasteiger charge is 2.23. The van der Waals surface area contributed by atoms with Crippen molar-refractivity contribution in [3.05, 3.63) is 59.7 Å². The number of methoxy groups -OCH3 is 1. The molecule has 25 heavy (non-hydrogen) atoms. The van der Waals surface area contributed by atoms with Crippen molar-refractivity contribution >= 4 is 0 Å². The van der Waals surface area contributed by atoms with Crippen molar-refractivity contribution in [3.63, 3.8) is 0 Å². The van der Waals surface area contributed by atoms with E-state index in [1.54, 1.807) is 7.11 Å². The van der Waals surface area contributed by atoms with Gasteiger partial charge in [-0.2, -0.15) is 0 Å². The van der Waals surface area contributed by atoms with Crippen molar-refractivity contribution in [3.8, 4) is 11.5 Å². The molecular formula is C21H28N2O2. The Balaban J connectivity index is 1.95. The number of nitrogens with zero attached hydrogens (tertiary/aromatic N) is 1. The van der Waals surface area contributed by atoms with Gasteiger partial charge in [0.25, 0.3) is 0 Å². The molecule has 0 bridgehead atoms. The van der Waals surface area contributed by atoms with Gasteiger partial charge in [0.15, 0.2) is 0 Å². The maximum atomic E-state index is 5.60. The molecule has 1 atom stereocenters. The Kier molecular flexibility index (Phi) is 6.31. The van der Waals surface area contributed by atoms with Crippen LogP contribution in [0.2, 0.25) is 0 Å². The molecular weight excluding hydrogens is 312 g/mol. The lowest BCUT2D eigenvalue weighted by molar-refractivity contribution is 0.240. The Morgan fingerprint density at radius 3 is 2.60 bits per heavy atom. The summed E-state index contributed by atoms with van der Waals surface area (Å²) >= 11 is 0. The molecule has 4 heteroatoms. The Bertz CT molecular complexity index is 649. The van der Waals surface area contributed by atoms with E-state index in [0.717, 1.165) is 44.1 Å². The zero-order chi connectivity index (χ0) is 17.5. The lowest BCUT2D eigenvalue weighted by Gasteiger charge is -2.31. The second-order valence-corrected chi connectivity index (χ2v) is 6.32. The van der Waals surface area contributed by atoms with Crippen LogP contribution in [0.15, 0.2) is 48.5 Å². The normalized spacial score (nSPS) is 16.9. The predicted molar refractivity (Wildman–Crippen MR) is 102 cm³/mol. The molecule has 3 rings (SSSR count). The Labute approximate surface area is 150 Å². The minimum absolute atomic E-state index is 0.227. The first-order chi connectivity index (χ1) is 12.3. The lowest BCUT2D eigenvalue weighted by atomic mass is 9.96. The van der Waals surface area contributed by atoms with Crippen LogP contribution in [0.25, 0.3) is 0 Å². The smallest absolute Gasteiger partial charge is 0.119 e.